The predicted molar refractivity (Wildman–Crippen MR) is 89.1 cm³/mol. The van der Waals surface area contributed by atoms with Crippen molar-refractivity contribution in [2.24, 2.45) is 0 Å². The highest BCUT2D eigenvalue weighted by Gasteiger charge is 2.29. The van der Waals surface area contributed by atoms with Crippen LogP contribution >= 0.6 is 0 Å². The van der Waals surface area contributed by atoms with Crippen molar-refractivity contribution in [3.8, 4) is 28.7 Å². The fourth-order valence-corrected chi connectivity index (χ4v) is 2.89. The average molecular weight is 334 g/mol. The van der Waals surface area contributed by atoms with E-state index in [1.54, 1.807) is 13.3 Å². The summed E-state index contributed by atoms with van der Waals surface area (Å²) in [6.07, 6.45) is 3.94. The Hall–Kier alpha value is -3.22. The summed E-state index contributed by atoms with van der Waals surface area (Å²) in [6.45, 7) is 0. The summed E-state index contributed by atoms with van der Waals surface area (Å²) < 4.78 is 16.5. The van der Waals surface area contributed by atoms with Crippen molar-refractivity contribution < 1.29 is 13.7 Å². The lowest BCUT2D eigenvalue weighted by Gasteiger charge is -2.03. The highest BCUT2D eigenvalue weighted by atomic mass is 16.5. The molecule has 1 aliphatic rings. The van der Waals surface area contributed by atoms with Gasteiger partial charge in [-0.3, -0.25) is 0 Å². The van der Waals surface area contributed by atoms with Crippen molar-refractivity contribution in [3.05, 3.63) is 42.2 Å². The summed E-state index contributed by atoms with van der Waals surface area (Å²) in [6, 6.07) is 9.47. The molecule has 1 aliphatic carbocycles. The molecule has 25 heavy (non-hydrogen) atoms. The Morgan fingerprint density at radius 2 is 1.96 bits per heavy atom. The van der Waals surface area contributed by atoms with Gasteiger partial charge in [0.25, 0.3) is 11.6 Å². The van der Waals surface area contributed by atoms with Crippen LogP contribution in [0.5, 0.6) is 5.75 Å². The van der Waals surface area contributed by atoms with Crippen molar-refractivity contribution in [1.29, 1.82) is 0 Å². The van der Waals surface area contributed by atoms with Crippen LogP contribution in [0.2, 0.25) is 0 Å². The molecular weight excluding hydrogens is 320 g/mol. The van der Waals surface area contributed by atoms with Crippen molar-refractivity contribution in [2.75, 3.05) is 7.11 Å². The third kappa shape index (κ3) is 2.36. The maximum absolute atomic E-state index is 5.85. The molecule has 1 saturated carbocycles. The number of methoxy groups -OCH3 is 1. The molecule has 4 aromatic rings. The van der Waals surface area contributed by atoms with Crippen LogP contribution in [0, 0.1) is 0 Å². The molecule has 0 aliphatic heterocycles. The van der Waals surface area contributed by atoms with Crippen LogP contribution in [0.4, 0.5) is 0 Å². The standard InChI is InChI=1S/C18H14N4O3/c1-23-14-5-3-2-4-12(14)18-21-20-16(24-18)11-8-13-15(10-6-7-10)22-25-17(13)19-9-11/h2-5,8-10H,6-7H2,1H3. The second kappa shape index (κ2) is 5.41. The molecule has 0 amide bonds. The van der Waals surface area contributed by atoms with E-state index in [0.717, 1.165) is 35.0 Å². The van der Waals surface area contributed by atoms with Crippen LogP contribution in [0.1, 0.15) is 24.5 Å². The third-order valence-corrected chi connectivity index (χ3v) is 4.33. The van der Waals surface area contributed by atoms with Gasteiger partial charge < -0.3 is 13.7 Å². The number of fused-ring (bicyclic) bond motifs is 1. The fraction of sp³-hybridized carbons (Fsp3) is 0.222. The molecule has 3 aromatic heterocycles. The number of para-hydroxylation sites is 1. The second-order valence-electron chi connectivity index (χ2n) is 6.03. The Morgan fingerprint density at radius 3 is 2.80 bits per heavy atom. The summed E-state index contributed by atoms with van der Waals surface area (Å²) in [5, 5.41) is 13.4. The monoisotopic (exact) mass is 334 g/mol. The molecule has 0 radical (unpaired) electrons. The number of hydrogen-bond acceptors (Lipinski definition) is 7. The number of nitrogens with zero attached hydrogens (tertiary/aromatic N) is 4. The molecule has 0 N–H and O–H groups in total. The Kier molecular flexibility index (Phi) is 3.06. The van der Waals surface area contributed by atoms with Crippen LogP contribution in [0.25, 0.3) is 34.0 Å². The first-order valence-corrected chi connectivity index (χ1v) is 8.06. The zero-order valence-corrected chi connectivity index (χ0v) is 13.5. The Morgan fingerprint density at radius 1 is 1.12 bits per heavy atom. The number of pyridine rings is 1. The van der Waals surface area contributed by atoms with Gasteiger partial charge in [-0.15, -0.1) is 10.2 Å². The van der Waals surface area contributed by atoms with Crippen LogP contribution < -0.4 is 4.74 Å². The molecule has 124 valence electrons. The second-order valence-corrected chi connectivity index (χ2v) is 6.03. The van der Waals surface area contributed by atoms with Gasteiger partial charge in [-0.2, -0.15) is 0 Å². The first kappa shape index (κ1) is 14.2. The number of aromatic nitrogens is 4. The number of hydrogen-bond donors (Lipinski definition) is 0. The van der Waals surface area contributed by atoms with E-state index in [1.165, 1.54) is 0 Å². The molecule has 0 saturated heterocycles. The van der Waals surface area contributed by atoms with Gasteiger partial charge in [0, 0.05) is 12.1 Å². The van der Waals surface area contributed by atoms with E-state index in [4.69, 9.17) is 13.7 Å². The summed E-state index contributed by atoms with van der Waals surface area (Å²) >= 11 is 0. The lowest BCUT2D eigenvalue weighted by Crippen LogP contribution is -1.87. The average Bonchev–Trinajstić information content (AvgIpc) is 3.22. The zero-order chi connectivity index (χ0) is 16.8. The maximum atomic E-state index is 5.85. The van der Waals surface area contributed by atoms with Gasteiger partial charge in [0.1, 0.15) is 5.75 Å². The van der Waals surface area contributed by atoms with Crippen LogP contribution in [0.3, 0.4) is 0 Å². The molecule has 3 heterocycles. The molecule has 5 rings (SSSR count). The predicted octanol–water partition coefficient (Wildman–Crippen LogP) is 3.83. The largest absolute Gasteiger partial charge is 0.496 e. The Labute approximate surface area is 142 Å². The van der Waals surface area contributed by atoms with E-state index in [2.05, 4.69) is 20.3 Å². The number of rotatable bonds is 4. The minimum Gasteiger partial charge on any atom is -0.496 e. The minimum atomic E-state index is 0.401. The lowest BCUT2D eigenvalue weighted by atomic mass is 10.1. The molecule has 0 atom stereocenters. The molecule has 7 heteroatoms. The van der Waals surface area contributed by atoms with E-state index in [1.807, 2.05) is 30.3 Å². The van der Waals surface area contributed by atoms with E-state index in [-0.39, 0.29) is 0 Å². The maximum Gasteiger partial charge on any atom is 0.257 e. The smallest absolute Gasteiger partial charge is 0.257 e. The number of ether oxygens (including phenoxy) is 1. The fourth-order valence-electron chi connectivity index (χ4n) is 2.89. The van der Waals surface area contributed by atoms with E-state index >= 15 is 0 Å². The molecule has 0 bridgehead atoms. The number of benzene rings is 1. The van der Waals surface area contributed by atoms with Crippen LogP contribution in [-0.2, 0) is 0 Å². The van der Waals surface area contributed by atoms with Gasteiger partial charge in [-0.25, -0.2) is 4.98 Å². The summed E-state index contributed by atoms with van der Waals surface area (Å²) in [7, 11) is 1.61. The molecule has 7 nitrogen and oxygen atoms in total. The Bertz CT molecular complexity index is 1070. The molecule has 1 aromatic carbocycles. The van der Waals surface area contributed by atoms with Gasteiger partial charge in [0.15, 0.2) is 0 Å². The highest BCUT2D eigenvalue weighted by molar-refractivity contribution is 5.81. The molecular formula is C18H14N4O3. The summed E-state index contributed by atoms with van der Waals surface area (Å²) in [4.78, 5) is 4.32. The molecule has 0 spiro atoms. The van der Waals surface area contributed by atoms with Gasteiger partial charge in [-0.05, 0) is 31.0 Å². The normalized spacial score (nSPS) is 14.1. The van der Waals surface area contributed by atoms with Gasteiger partial charge in [0.05, 0.1) is 29.3 Å². The third-order valence-electron chi connectivity index (χ3n) is 4.33. The van der Waals surface area contributed by atoms with Gasteiger partial charge >= 0.3 is 0 Å². The van der Waals surface area contributed by atoms with Crippen molar-refractivity contribution in [2.45, 2.75) is 18.8 Å². The summed E-state index contributed by atoms with van der Waals surface area (Å²) in [5.41, 5.74) is 3.00. The minimum absolute atomic E-state index is 0.401. The van der Waals surface area contributed by atoms with Crippen molar-refractivity contribution in [3.63, 3.8) is 0 Å². The van der Waals surface area contributed by atoms with E-state index in [0.29, 0.717) is 29.2 Å². The van der Waals surface area contributed by atoms with Crippen LogP contribution in [-0.4, -0.2) is 27.4 Å². The lowest BCUT2D eigenvalue weighted by molar-refractivity contribution is 0.414. The van der Waals surface area contributed by atoms with E-state index < -0.39 is 0 Å². The molecule has 0 unspecified atom stereocenters. The van der Waals surface area contributed by atoms with E-state index in [9.17, 15) is 0 Å². The summed E-state index contributed by atoms with van der Waals surface area (Å²) in [5.74, 6) is 1.96. The Balaban J connectivity index is 1.57. The SMILES string of the molecule is COc1ccccc1-c1nnc(-c2cnc3onc(C4CC4)c3c2)o1. The van der Waals surface area contributed by atoms with Crippen molar-refractivity contribution in [1.82, 2.24) is 20.3 Å². The van der Waals surface area contributed by atoms with Crippen LogP contribution in [0.15, 0.2) is 45.5 Å². The molecule has 1 fully saturated rings. The van der Waals surface area contributed by atoms with Gasteiger partial charge in [0.2, 0.25) is 5.89 Å². The highest BCUT2D eigenvalue weighted by Crippen LogP contribution is 2.42. The van der Waals surface area contributed by atoms with Gasteiger partial charge in [-0.1, -0.05) is 17.3 Å². The first-order valence-electron chi connectivity index (χ1n) is 8.06. The quantitative estimate of drug-likeness (QED) is 0.560. The van der Waals surface area contributed by atoms with Crippen molar-refractivity contribution >= 4 is 11.1 Å². The zero-order valence-electron chi connectivity index (χ0n) is 13.5. The first-order chi connectivity index (χ1) is 12.3. The topological polar surface area (TPSA) is 87.1 Å².